The minimum absolute atomic E-state index is 0.00244. The predicted molar refractivity (Wildman–Crippen MR) is 151 cm³/mol. The normalized spacial score (nSPS) is 19.5. The molecule has 3 aromatic carbocycles. The summed E-state index contributed by atoms with van der Waals surface area (Å²) in [6.45, 7) is 1.45. The molecule has 2 aliphatic rings. The second-order valence-electron chi connectivity index (χ2n) is 9.74. The number of anilines is 2. The van der Waals surface area contributed by atoms with Crippen LogP contribution in [0.4, 0.5) is 11.4 Å². The van der Waals surface area contributed by atoms with Crippen molar-refractivity contribution in [3.05, 3.63) is 58.1 Å². The summed E-state index contributed by atoms with van der Waals surface area (Å²) in [5.74, 6) is -1.24. The second kappa shape index (κ2) is 11.1. The van der Waals surface area contributed by atoms with E-state index in [2.05, 4.69) is 5.32 Å². The number of halogens is 2. The molecule has 0 aromatic heterocycles. The largest absolute Gasteiger partial charge is 0.505 e. The first-order valence-corrected chi connectivity index (χ1v) is 14.8. The van der Waals surface area contributed by atoms with Gasteiger partial charge in [-0.25, -0.2) is 8.42 Å². The lowest BCUT2D eigenvalue weighted by Crippen LogP contribution is -2.43. The van der Waals surface area contributed by atoms with E-state index in [1.165, 1.54) is 4.31 Å². The third-order valence-electron chi connectivity index (χ3n) is 7.32. The fourth-order valence-corrected chi connectivity index (χ4v) is 7.54. The molecule has 1 saturated heterocycles. The molecule has 1 amide bonds. The van der Waals surface area contributed by atoms with Gasteiger partial charge in [0.15, 0.2) is 12.0 Å². The number of carbonyl (C=O) groups is 1. The lowest BCUT2D eigenvalue weighted by Gasteiger charge is -2.31. The number of nitrogens with one attached hydrogen (secondary N) is 1. The number of piperidine rings is 1. The van der Waals surface area contributed by atoms with Gasteiger partial charge < -0.3 is 25.2 Å². The lowest BCUT2D eigenvalue weighted by atomic mass is 9.98. The summed E-state index contributed by atoms with van der Waals surface area (Å²) in [4.78, 5) is 15.2. The number of aliphatic hydroxyl groups is 1. The highest BCUT2D eigenvalue weighted by Crippen LogP contribution is 2.45. The number of phenolic OH excluding ortho intramolecular Hbond substituents is 1. The zero-order valence-electron chi connectivity index (χ0n) is 21.2. The van der Waals surface area contributed by atoms with Crippen LogP contribution in [-0.4, -0.2) is 62.2 Å². The molecule has 0 aliphatic carbocycles. The summed E-state index contributed by atoms with van der Waals surface area (Å²) in [7, 11) is -2.35. The predicted octanol–water partition coefficient (Wildman–Crippen LogP) is 4.74. The van der Waals surface area contributed by atoms with Gasteiger partial charge in [-0.1, -0.05) is 41.4 Å². The van der Waals surface area contributed by atoms with E-state index in [4.69, 9.17) is 27.9 Å². The highest BCUT2D eigenvalue weighted by atomic mass is 35.5. The van der Waals surface area contributed by atoms with Gasteiger partial charge in [-0.2, -0.15) is 4.31 Å². The van der Waals surface area contributed by atoms with Gasteiger partial charge in [0.2, 0.25) is 15.9 Å². The Morgan fingerprint density at radius 1 is 1.18 bits per heavy atom. The van der Waals surface area contributed by atoms with Crippen molar-refractivity contribution in [1.29, 1.82) is 0 Å². The van der Waals surface area contributed by atoms with Crippen molar-refractivity contribution < 1.29 is 28.2 Å². The molecule has 0 radical (unpaired) electrons. The highest BCUT2D eigenvalue weighted by molar-refractivity contribution is 7.89. The van der Waals surface area contributed by atoms with Gasteiger partial charge in [0.1, 0.15) is 0 Å². The first-order chi connectivity index (χ1) is 18.6. The first-order valence-electron chi connectivity index (χ1n) is 12.6. The van der Waals surface area contributed by atoms with Crippen LogP contribution >= 0.6 is 23.2 Å². The summed E-state index contributed by atoms with van der Waals surface area (Å²) in [5, 5.41) is 25.1. The van der Waals surface area contributed by atoms with Gasteiger partial charge in [-0.05, 0) is 43.5 Å². The molecule has 2 unspecified atom stereocenters. The van der Waals surface area contributed by atoms with Crippen molar-refractivity contribution in [2.24, 2.45) is 5.92 Å². The maximum absolute atomic E-state index is 13.4. The van der Waals surface area contributed by atoms with E-state index in [1.54, 1.807) is 7.11 Å². The number of sulfonamides is 1. The van der Waals surface area contributed by atoms with Crippen molar-refractivity contribution in [2.75, 3.05) is 43.6 Å². The smallest absolute Gasteiger partial charge is 0.243 e. The van der Waals surface area contributed by atoms with Crippen LogP contribution in [0.1, 0.15) is 31.1 Å². The van der Waals surface area contributed by atoms with Gasteiger partial charge in [0.05, 0.1) is 20.9 Å². The van der Waals surface area contributed by atoms with E-state index >= 15 is 0 Å². The van der Waals surface area contributed by atoms with Crippen LogP contribution in [-0.2, 0) is 19.6 Å². The van der Waals surface area contributed by atoms with Gasteiger partial charge in [-0.3, -0.25) is 4.79 Å². The third-order valence-corrected chi connectivity index (χ3v) is 9.74. The van der Waals surface area contributed by atoms with Crippen molar-refractivity contribution in [3.8, 4) is 5.75 Å². The molecule has 3 aromatic rings. The van der Waals surface area contributed by atoms with Crippen molar-refractivity contribution in [1.82, 2.24) is 4.31 Å². The van der Waals surface area contributed by atoms with Gasteiger partial charge >= 0.3 is 0 Å². The SMILES string of the molecule is COCCCN1c2ccc(NC(=O)C3CCCN(S(=O)(=O)c4cc(Cl)c(O)c(Cl)c4)C3)c3cccc(c23)C1O. The van der Waals surface area contributed by atoms with E-state index < -0.39 is 22.2 Å². The number of rotatable bonds is 8. The van der Waals surface area contributed by atoms with Crippen LogP contribution in [0.25, 0.3) is 10.8 Å². The zero-order valence-corrected chi connectivity index (χ0v) is 23.6. The molecule has 2 aliphatic heterocycles. The lowest BCUT2D eigenvalue weighted by molar-refractivity contribution is -0.120. The topological polar surface area (TPSA) is 119 Å². The number of phenols is 1. The van der Waals surface area contributed by atoms with Crippen LogP contribution in [0.3, 0.4) is 0 Å². The molecule has 0 bridgehead atoms. The summed E-state index contributed by atoms with van der Waals surface area (Å²) in [6.07, 6.45) is 1.00. The summed E-state index contributed by atoms with van der Waals surface area (Å²) >= 11 is 11.9. The standard InChI is InChI=1S/C27H29Cl2N3O6S/c1-38-12-4-11-32-23-9-8-22(18-6-2-7-19(24(18)23)27(32)35)30-26(34)16-5-3-10-31(15-16)39(36,37)17-13-20(28)25(33)21(29)14-17/h2,6-9,13-14,16,27,33,35H,3-5,10-12,15H2,1H3,(H,30,34). The average molecular weight is 595 g/mol. The molecular weight excluding hydrogens is 565 g/mol. The second-order valence-corrected chi connectivity index (χ2v) is 12.5. The summed E-state index contributed by atoms with van der Waals surface area (Å²) in [5.41, 5.74) is 2.27. The van der Waals surface area contributed by atoms with Crippen LogP contribution in [0.2, 0.25) is 10.0 Å². The van der Waals surface area contributed by atoms with Crippen LogP contribution < -0.4 is 10.2 Å². The van der Waals surface area contributed by atoms with E-state index in [0.29, 0.717) is 31.7 Å². The number of hydrogen-bond donors (Lipinski definition) is 3. The summed E-state index contributed by atoms with van der Waals surface area (Å²) in [6, 6.07) is 11.6. The minimum Gasteiger partial charge on any atom is -0.505 e. The number of hydrogen-bond acceptors (Lipinski definition) is 7. The van der Waals surface area contributed by atoms with Crippen molar-refractivity contribution in [3.63, 3.8) is 0 Å². The number of carbonyl (C=O) groups excluding carboxylic acids is 1. The minimum atomic E-state index is -3.99. The van der Waals surface area contributed by atoms with Gasteiger partial charge in [0.25, 0.3) is 0 Å². The Balaban J connectivity index is 1.36. The van der Waals surface area contributed by atoms with Crippen LogP contribution in [0.15, 0.2) is 47.4 Å². The van der Waals surface area contributed by atoms with Crippen molar-refractivity contribution >= 4 is 61.3 Å². The Bertz CT molecular complexity index is 1510. The molecule has 0 saturated carbocycles. The fourth-order valence-electron chi connectivity index (χ4n) is 5.35. The molecule has 12 heteroatoms. The molecule has 2 heterocycles. The van der Waals surface area contributed by atoms with Crippen LogP contribution in [0, 0.1) is 5.92 Å². The van der Waals surface area contributed by atoms with Crippen molar-refractivity contribution in [2.45, 2.75) is 30.4 Å². The molecule has 9 nitrogen and oxygen atoms in total. The maximum Gasteiger partial charge on any atom is 0.243 e. The van der Waals surface area contributed by atoms with E-state index in [0.717, 1.165) is 40.6 Å². The number of methoxy groups -OCH3 is 1. The number of benzene rings is 3. The maximum atomic E-state index is 13.4. The van der Waals surface area contributed by atoms with Crippen LogP contribution in [0.5, 0.6) is 5.75 Å². The molecule has 5 rings (SSSR count). The average Bonchev–Trinajstić information content (AvgIpc) is 3.20. The van der Waals surface area contributed by atoms with E-state index in [-0.39, 0.29) is 39.7 Å². The van der Waals surface area contributed by atoms with E-state index in [9.17, 15) is 23.4 Å². The Hall–Kier alpha value is -2.60. The number of aliphatic hydroxyl groups excluding tert-OH is 1. The molecular formula is C27H29Cl2N3O6S. The molecule has 2 atom stereocenters. The van der Waals surface area contributed by atoms with Gasteiger partial charge in [-0.15, -0.1) is 0 Å². The molecule has 0 spiro atoms. The number of aromatic hydroxyl groups is 1. The third kappa shape index (κ3) is 5.17. The zero-order chi connectivity index (χ0) is 27.9. The Morgan fingerprint density at radius 2 is 1.92 bits per heavy atom. The Labute approximate surface area is 236 Å². The monoisotopic (exact) mass is 593 g/mol. The molecule has 39 heavy (non-hydrogen) atoms. The Kier molecular flexibility index (Phi) is 7.96. The summed E-state index contributed by atoms with van der Waals surface area (Å²) < 4.78 is 33.0. The number of ether oxygens (including phenoxy) is 1. The molecule has 3 N–H and O–H groups in total. The molecule has 1 fully saturated rings. The first kappa shape index (κ1) is 27.9. The fraction of sp³-hybridized carbons (Fsp3) is 0.370. The Morgan fingerprint density at radius 3 is 2.64 bits per heavy atom. The molecule has 208 valence electrons. The number of amides is 1. The van der Waals surface area contributed by atoms with E-state index in [1.807, 2.05) is 35.2 Å². The number of nitrogens with zero attached hydrogens (tertiary/aromatic N) is 2. The van der Waals surface area contributed by atoms with Gasteiger partial charge in [0, 0.05) is 61.1 Å². The quantitative estimate of drug-likeness (QED) is 0.323. The highest BCUT2D eigenvalue weighted by Gasteiger charge is 2.35.